The zero-order chi connectivity index (χ0) is 20.1. The molecule has 0 amide bonds. The molecule has 5 heteroatoms. The summed E-state index contributed by atoms with van der Waals surface area (Å²) in [4.78, 5) is 11.9. The van der Waals surface area contributed by atoms with Crippen LogP contribution in [0.3, 0.4) is 0 Å². The molecular formula is C23H23BrN2O2. The fourth-order valence-corrected chi connectivity index (χ4v) is 3.70. The number of halogens is 1. The smallest absolute Gasteiger partial charge is 0.250 e. The lowest BCUT2D eigenvalue weighted by molar-refractivity contribution is 0.317. The fraction of sp³-hybridized carbons (Fsp3) is 0.217. The first-order valence-corrected chi connectivity index (χ1v) is 10.1. The van der Waals surface area contributed by atoms with E-state index in [1.54, 1.807) is 16.8 Å². The van der Waals surface area contributed by atoms with Crippen molar-refractivity contribution in [1.82, 2.24) is 4.57 Å². The van der Waals surface area contributed by atoms with Crippen LogP contribution in [0.5, 0.6) is 0 Å². The average molecular weight is 439 g/mol. The van der Waals surface area contributed by atoms with Crippen molar-refractivity contribution in [2.75, 3.05) is 0 Å². The number of rotatable bonds is 6. The monoisotopic (exact) mass is 438 g/mol. The van der Waals surface area contributed by atoms with Crippen LogP contribution in [0.2, 0.25) is 0 Å². The van der Waals surface area contributed by atoms with Gasteiger partial charge in [-0.25, -0.2) is 0 Å². The van der Waals surface area contributed by atoms with E-state index in [-0.39, 0.29) is 11.5 Å². The maximum Gasteiger partial charge on any atom is 0.250 e. The SMILES string of the molecule is CCn1cc(/C(CC(c2ccc(Br)cc2)c2ccccc2C)=N\O)ccc1=O. The largest absolute Gasteiger partial charge is 0.411 e. The number of hydrogen-bond acceptors (Lipinski definition) is 3. The van der Waals surface area contributed by atoms with E-state index in [9.17, 15) is 10.0 Å². The zero-order valence-electron chi connectivity index (χ0n) is 16.0. The van der Waals surface area contributed by atoms with Gasteiger partial charge >= 0.3 is 0 Å². The molecule has 0 spiro atoms. The number of benzene rings is 2. The average Bonchev–Trinajstić information content (AvgIpc) is 2.71. The fourth-order valence-electron chi connectivity index (χ4n) is 3.44. The molecule has 1 aromatic heterocycles. The molecule has 2 aromatic carbocycles. The predicted octanol–water partition coefficient (Wildman–Crippen LogP) is 5.34. The molecule has 0 radical (unpaired) electrons. The highest BCUT2D eigenvalue weighted by Gasteiger charge is 2.20. The van der Waals surface area contributed by atoms with Crippen molar-refractivity contribution in [3.8, 4) is 0 Å². The van der Waals surface area contributed by atoms with Crippen LogP contribution in [0.15, 0.2) is 81.3 Å². The Labute approximate surface area is 173 Å². The third-order valence-electron chi connectivity index (χ3n) is 5.01. The molecule has 1 N–H and O–H groups in total. The van der Waals surface area contributed by atoms with Crippen LogP contribution in [-0.4, -0.2) is 15.5 Å². The molecule has 144 valence electrons. The van der Waals surface area contributed by atoms with E-state index in [4.69, 9.17) is 0 Å². The minimum atomic E-state index is -0.0631. The highest BCUT2D eigenvalue weighted by molar-refractivity contribution is 9.10. The standard InChI is InChI=1S/C23H23BrN2O2/c1-3-26-15-18(10-13-23(26)27)22(25-28)14-21(17-8-11-19(24)12-9-17)20-7-5-4-6-16(20)2/h4-13,15,21,28H,3,14H2,1-2H3/b25-22-. The van der Waals surface area contributed by atoms with Crippen LogP contribution in [0, 0.1) is 6.92 Å². The summed E-state index contributed by atoms with van der Waals surface area (Å²) >= 11 is 3.49. The van der Waals surface area contributed by atoms with Gasteiger partial charge in [-0.05, 0) is 48.7 Å². The predicted molar refractivity (Wildman–Crippen MR) is 116 cm³/mol. The normalized spacial score (nSPS) is 12.8. The third-order valence-corrected chi connectivity index (χ3v) is 5.54. The molecule has 28 heavy (non-hydrogen) atoms. The van der Waals surface area contributed by atoms with Gasteiger partial charge in [0.25, 0.3) is 5.56 Å². The Kier molecular flexibility index (Phi) is 6.47. The first-order chi connectivity index (χ1) is 13.5. The lowest BCUT2D eigenvalue weighted by Crippen LogP contribution is -2.20. The van der Waals surface area contributed by atoms with Gasteiger partial charge in [0.1, 0.15) is 0 Å². The molecule has 4 nitrogen and oxygen atoms in total. The molecule has 3 aromatic rings. The molecule has 0 aliphatic carbocycles. The number of nitrogens with zero attached hydrogens (tertiary/aromatic N) is 2. The number of pyridine rings is 1. The minimum absolute atomic E-state index is 0.0298. The Balaban J connectivity index is 2.04. The summed E-state index contributed by atoms with van der Waals surface area (Å²) in [7, 11) is 0. The van der Waals surface area contributed by atoms with Crippen molar-refractivity contribution in [2.24, 2.45) is 5.16 Å². The van der Waals surface area contributed by atoms with Gasteiger partial charge in [0.15, 0.2) is 0 Å². The highest BCUT2D eigenvalue weighted by Crippen LogP contribution is 2.32. The summed E-state index contributed by atoms with van der Waals surface area (Å²) in [6, 6.07) is 19.7. The van der Waals surface area contributed by atoms with Crippen molar-refractivity contribution < 1.29 is 5.21 Å². The molecule has 0 fully saturated rings. The van der Waals surface area contributed by atoms with Crippen molar-refractivity contribution in [2.45, 2.75) is 32.7 Å². The van der Waals surface area contributed by atoms with Crippen molar-refractivity contribution >= 4 is 21.6 Å². The Morgan fingerprint density at radius 1 is 1.11 bits per heavy atom. The summed E-state index contributed by atoms with van der Waals surface area (Å²) in [5.41, 5.74) is 4.76. The number of hydrogen-bond donors (Lipinski definition) is 1. The van der Waals surface area contributed by atoms with E-state index in [0.29, 0.717) is 18.7 Å². The van der Waals surface area contributed by atoms with E-state index in [2.05, 4.69) is 52.3 Å². The minimum Gasteiger partial charge on any atom is -0.411 e. The maximum atomic E-state index is 11.9. The molecule has 0 bridgehead atoms. The van der Waals surface area contributed by atoms with Gasteiger partial charge in [-0.2, -0.15) is 0 Å². The number of aryl methyl sites for hydroxylation is 2. The van der Waals surface area contributed by atoms with Crippen LogP contribution in [-0.2, 0) is 6.54 Å². The topological polar surface area (TPSA) is 54.6 Å². The van der Waals surface area contributed by atoms with Crippen LogP contribution < -0.4 is 5.56 Å². The van der Waals surface area contributed by atoms with Gasteiger partial charge in [0.2, 0.25) is 0 Å². The van der Waals surface area contributed by atoms with Gasteiger partial charge in [0.05, 0.1) is 5.71 Å². The molecule has 1 unspecified atom stereocenters. The molecule has 3 rings (SSSR count). The van der Waals surface area contributed by atoms with Crippen molar-refractivity contribution in [3.63, 3.8) is 0 Å². The van der Waals surface area contributed by atoms with Gasteiger partial charge in [-0.15, -0.1) is 0 Å². The lowest BCUT2D eigenvalue weighted by atomic mass is 9.83. The molecule has 1 heterocycles. The highest BCUT2D eigenvalue weighted by atomic mass is 79.9. The second-order valence-electron chi connectivity index (χ2n) is 6.75. The van der Waals surface area contributed by atoms with E-state index in [1.165, 1.54) is 17.2 Å². The second-order valence-corrected chi connectivity index (χ2v) is 7.67. The van der Waals surface area contributed by atoms with E-state index in [0.717, 1.165) is 15.6 Å². The van der Waals surface area contributed by atoms with Crippen molar-refractivity contribution in [1.29, 1.82) is 0 Å². The molecule has 0 aliphatic heterocycles. The van der Waals surface area contributed by atoms with E-state index < -0.39 is 0 Å². The summed E-state index contributed by atoms with van der Waals surface area (Å²) in [5.74, 6) is 0.0298. The first kappa shape index (κ1) is 20.1. The lowest BCUT2D eigenvalue weighted by Gasteiger charge is -2.21. The maximum absolute atomic E-state index is 11.9. The van der Waals surface area contributed by atoms with Crippen LogP contribution in [0.1, 0.15) is 41.5 Å². The zero-order valence-corrected chi connectivity index (χ0v) is 17.6. The summed E-state index contributed by atoms with van der Waals surface area (Å²) in [5, 5.41) is 13.4. The van der Waals surface area contributed by atoms with E-state index in [1.807, 2.05) is 31.2 Å². The van der Waals surface area contributed by atoms with Gasteiger partial charge in [0, 0.05) is 41.2 Å². The van der Waals surface area contributed by atoms with Crippen molar-refractivity contribution in [3.05, 3.63) is 104 Å². The van der Waals surface area contributed by atoms with Gasteiger partial charge in [-0.1, -0.05) is 57.5 Å². The Bertz CT molecular complexity index is 1040. The Hall–Kier alpha value is -2.66. The van der Waals surface area contributed by atoms with Crippen LogP contribution in [0.25, 0.3) is 0 Å². The first-order valence-electron chi connectivity index (χ1n) is 9.26. The quantitative estimate of drug-likeness (QED) is 0.320. The molecule has 0 saturated carbocycles. The Morgan fingerprint density at radius 3 is 2.46 bits per heavy atom. The number of aromatic nitrogens is 1. The summed E-state index contributed by atoms with van der Waals surface area (Å²) in [6.07, 6.45) is 2.28. The Morgan fingerprint density at radius 2 is 1.82 bits per heavy atom. The third kappa shape index (κ3) is 4.42. The summed E-state index contributed by atoms with van der Waals surface area (Å²) < 4.78 is 2.63. The van der Waals surface area contributed by atoms with Gasteiger partial charge in [-0.3, -0.25) is 4.79 Å². The molecular weight excluding hydrogens is 416 g/mol. The van der Waals surface area contributed by atoms with Crippen LogP contribution >= 0.6 is 15.9 Å². The molecule has 1 atom stereocenters. The van der Waals surface area contributed by atoms with Gasteiger partial charge < -0.3 is 9.77 Å². The molecule has 0 aliphatic rings. The van der Waals surface area contributed by atoms with Crippen LogP contribution in [0.4, 0.5) is 0 Å². The second kappa shape index (κ2) is 9.02. The number of oxime groups is 1. The molecule has 0 saturated heterocycles. The summed E-state index contributed by atoms with van der Waals surface area (Å²) in [6.45, 7) is 4.58. The van der Waals surface area contributed by atoms with E-state index >= 15 is 0 Å².